The monoisotopic (exact) mass is 222 g/mol. The van der Waals surface area contributed by atoms with Crippen LogP contribution in [0.2, 0.25) is 0 Å². The predicted octanol–water partition coefficient (Wildman–Crippen LogP) is 2.88. The molecule has 0 spiro atoms. The van der Waals surface area contributed by atoms with Crippen molar-refractivity contribution in [1.82, 2.24) is 9.58 Å². The van der Waals surface area contributed by atoms with Crippen molar-refractivity contribution in [2.45, 2.75) is 13.8 Å². The molecule has 15 heavy (non-hydrogen) atoms. The van der Waals surface area contributed by atoms with Gasteiger partial charge in [0.2, 0.25) is 0 Å². The highest BCUT2D eigenvalue weighted by molar-refractivity contribution is 6.43. The van der Waals surface area contributed by atoms with Crippen LogP contribution in [0.15, 0.2) is 40.7 Å². The Morgan fingerprint density at radius 1 is 1.40 bits per heavy atom. The molecule has 0 saturated carbocycles. The van der Waals surface area contributed by atoms with E-state index in [2.05, 4.69) is 17.0 Å². The lowest BCUT2D eigenvalue weighted by atomic mass is 10.4. The zero-order chi connectivity index (χ0) is 10.9. The highest BCUT2D eigenvalue weighted by Gasteiger charge is 2.34. The second-order valence-electron chi connectivity index (χ2n) is 3.49. The average Bonchev–Trinajstić information content (AvgIpc) is 2.57. The van der Waals surface area contributed by atoms with Crippen molar-refractivity contribution in [3.63, 3.8) is 0 Å². The first-order valence-electron chi connectivity index (χ1n) is 4.93. The summed E-state index contributed by atoms with van der Waals surface area (Å²) >= 11 is 6.06. The van der Waals surface area contributed by atoms with Gasteiger partial charge < -0.3 is 0 Å². The normalized spacial score (nSPS) is 25.0. The number of rotatable bonds is 2. The maximum absolute atomic E-state index is 6.06. The van der Waals surface area contributed by atoms with Gasteiger partial charge in [0.25, 0.3) is 5.82 Å². The lowest BCUT2D eigenvalue weighted by molar-refractivity contribution is 0.408. The van der Waals surface area contributed by atoms with Crippen molar-refractivity contribution in [3.8, 4) is 0 Å². The van der Waals surface area contributed by atoms with E-state index in [1.54, 1.807) is 6.20 Å². The molecule has 1 aliphatic rings. The summed E-state index contributed by atoms with van der Waals surface area (Å²) in [6.45, 7) is 4.79. The van der Waals surface area contributed by atoms with Crippen LogP contribution in [0.4, 0.5) is 5.82 Å². The Hall–Kier alpha value is -1.19. The molecule has 0 bridgehead atoms. The molecular weight excluding hydrogens is 210 g/mol. The van der Waals surface area contributed by atoms with Crippen LogP contribution in [-0.2, 0) is 0 Å². The van der Waals surface area contributed by atoms with E-state index in [9.17, 15) is 0 Å². The van der Waals surface area contributed by atoms with Crippen molar-refractivity contribution in [2.24, 2.45) is 5.10 Å². The first-order chi connectivity index (χ1) is 7.18. The van der Waals surface area contributed by atoms with E-state index >= 15 is 0 Å². The molecule has 0 aliphatic carbocycles. The van der Waals surface area contributed by atoms with Gasteiger partial charge in [-0.15, -0.1) is 4.59 Å². The lowest BCUT2D eigenvalue weighted by Crippen LogP contribution is -2.36. The Kier molecular flexibility index (Phi) is 2.59. The molecule has 78 valence electrons. The summed E-state index contributed by atoms with van der Waals surface area (Å²) in [6.07, 6.45) is 3.70. The van der Waals surface area contributed by atoms with E-state index in [0.29, 0.717) is 9.62 Å². The van der Waals surface area contributed by atoms with E-state index < -0.39 is 0 Å². The predicted molar refractivity (Wildman–Crippen MR) is 63.6 cm³/mol. The zero-order valence-corrected chi connectivity index (χ0v) is 9.57. The molecule has 0 fully saturated rings. The summed E-state index contributed by atoms with van der Waals surface area (Å²) in [5.41, 5.74) is 0.865. The van der Waals surface area contributed by atoms with Gasteiger partial charge in [0.05, 0.1) is 0 Å². The number of quaternary nitrogens is 1. The Labute approximate surface area is 94.3 Å². The van der Waals surface area contributed by atoms with Gasteiger partial charge in [-0.1, -0.05) is 22.8 Å². The van der Waals surface area contributed by atoms with Gasteiger partial charge in [-0.2, -0.15) is 0 Å². The first kappa shape index (κ1) is 10.3. The summed E-state index contributed by atoms with van der Waals surface area (Å²) in [7, 11) is 0. The molecule has 1 aromatic rings. The number of hydrogen-bond donors (Lipinski definition) is 0. The fraction of sp³-hybridized carbons (Fsp3) is 0.273. The summed E-state index contributed by atoms with van der Waals surface area (Å²) in [6, 6.07) is 5.82. The number of halogens is 1. The summed E-state index contributed by atoms with van der Waals surface area (Å²) < 4.78 is 0.367. The van der Waals surface area contributed by atoms with E-state index in [1.807, 2.05) is 31.3 Å². The molecule has 0 aromatic carbocycles. The highest BCUT2D eigenvalue weighted by Crippen LogP contribution is 2.29. The SMILES string of the molecule is CC[N+]1(c2ccccn2)C=C(Cl)C(C)=N1. The zero-order valence-electron chi connectivity index (χ0n) is 8.81. The van der Waals surface area contributed by atoms with Crippen molar-refractivity contribution >= 4 is 23.1 Å². The maximum atomic E-state index is 6.06. The third kappa shape index (κ3) is 1.68. The number of allylic oxidation sites excluding steroid dienone is 1. The van der Waals surface area contributed by atoms with Gasteiger partial charge in [-0.25, -0.2) is 4.98 Å². The Morgan fingerprint density at radius 2 is 2.20 bits per heavy atom. The Balaban J connectivity index is 2.51. The molecule has 2 heterocycles. The van der Waals surface area contributed by atoms with Gasteiger partial charge in [0.15, 0.2) is 0 Å². The lowest BCUT2D eigenvalue weighted by Gasteiger charge is -2.21. The van der Waals surface area contributed by atoms with Crippen molar-refractivity contribution in [2.75, 3.05) is 6.54 Å². The van der Waals surface area contributed by atoms with Crippen LogP contribution in [0.25, 0.3) is 0 Å². The van der Waals surface area contributed by atoms with Crippen LogP contribution >= 0.6 is 11.6 Å². The van der Waals surface area contributed by atoms with E-state index in [0.717, 1.165) is 18.1 Å². The number of nitrogens with zero attached hydrogens (tertiary/aromatic N) is 3. The van der Waals surface area contributed by atoms with Crippen molar-refractivity contribution in [3.05, 3.63) is 35.6 Å². The molecule has 1 aromatic heterocycles. The Morgan fingerprint density at radius 3 is 2.67 bits per heavy atom. The molecule has 0 N–H and O–H groups in total. The van der Waals surface area contributed by atoms with Gasteiger partial charge >= 0.3 is 0 Å². The fourth-order valence-corrected chi connectivity index (χ4v) is 1.85. The van der Waals surface area contributed by atoms with Crippen LogP contribution in [-0.4, -0.2) is 17.2 Å². The van der Waals surface area contributed by atoms with Crippen LogP contribution in [0.1, 0.15) is 13.8 Å². The number of hydrogen-bond acceptors (Lipinski definition) is 2. The summed E-state index contributed by atoms with van der Waals surface area (Å²) in [5.74, 6) is 0.898. The van der Waals surface area contributed by atoms with Gasteiger partial charge in [-0.3, -0.25) is 0 Å². The Bertz CT molecular complexity index is 405. The fourth-order valence-electron chi connectivity index (χ4n) is 1.65. The molecule has 1 aliphatic heterocycles. The molecule has 0 saturated heterocycles. The second-order valence-corrected chi connectivity index (χ2v) is 3.90. The van der Waals surface area contributed by atoms with Crippen LogP contribution in [0.3, 0.4) is 0 Å². The second kappa shape index (κ2) is 3.76. The minimum absolute atomic E-state index is 0.367. The third-order valence-corrected chi connectivity index (χ3v) is 2.90. The molecule has 3 nitrogen and oxygen atoms in total. The third-order valence-electron chi connectivity index (χ3n) is 2.53. The topological polar surface area (TPSA) is 25.2 Å². The van der Waals surface area contributed by atoms with Crippen LogP contribution in [0, 0.1) is 0 Å². The van der Waals surface area contributed by atoms with E-state index in [-0.39, 0.29) is 0 Å². The van der Waals surface area contributed by atoms with Crippen molar-refractivity contribution < 1.29 is 0 Å². The minimum Gasteiger partial charge on any atom is -0.202 e. The van der Waals surface area contributed by atoms with Gasteiger partial charge in [0, 0.05) is 12.3 Å². The molecule has 1 atom stereocenters. The van der Waals surface area contributed by atoms with Crippen LogP contribution < -0.4 is 4.59 Å². The standard InChI is InChI=1S/C11H13ClN3/c1-3-15(8-10(12)9(2)14-15)11-6-4-5-7-13-11/h4-8H,3H2,1-2H3/q+1. The molecule has 0 amide bonds. The van der Waals surface area contributed by atoms with E-state index in [4.69, 9.17) is 11.6 Å². The van der Waals surface area contributed by atoms with Crippen LogP contribution in [0.5, 0.6) is 0 Å². The molecular formula is C11H13ClN3+. The highest BCUT2D eigenvalue weighted by atomic mass is 35.5. The average molecular weight is 223 g/mol. The van der Waals surface area contributed by atoms with E-state index in [1.165, 1.54) is 0 Å². The maximum Gasteiger partial charge on any atom is 0.259 e. The summed E-state index contributed by atoms with van der Waals surface area (Å²) in [5, 5.41) is 5.27. The smallest absolute Gasteiger partial charge is 0.202 e. The summed E-state index contributed by atoms with van der Waals surface area (Å²) in [4.78, 5) is 4.33. The van der Waals surface area contributed by atoms with Gasteiger partial charge in [0.1, 0.15) is 23.5 Å². The number of pyridine rings is 1. The largest absolute Gasteiger partial charge is 0.259 e. The van der Waals surface area contributed by atoms with Gasteiger partial charge in [-0.05, 0) is 19.9 Å². The molecule has 4 heteroatoms. The first-order valence-corrected chi connectivity index (χ1v) is 5.30. The quantitative estimate of drug-likeness (QED) is 0.707. The number of aromatic nitrogens is 1. The minimum atomic E-state index is 0.367. The molecule has 0 radical (unpaired) electrons. The van der Waals surface area contributed by atoms with Crippen molar-refractivity contribution in [1.29, 1.82) is 0 Å². The molecule has 1 unspecified atom stereocenters. The molecule has 2 rings (SSSR count).